The molecule has 1 heterocycles. The molecule has 0 radical (unpaired) electrons. The van der Waals surface area contributed by atoms with Gasteiger partial charge in [0.15, 0.2) is 11.5 Å². The molecule has 0 saturated heterocycles. The Labute approximate surface area is 152 Å². The van der Waals surface area contributed by atoms with E-state index in [0.717, 1.165) is 5.56 Å². The summed E-state index contributed by atoms with van der Waals surface area (Å²) < 4.78 is 41.6. The van der Waals surface area contributed by atoms with E-state index in [9.17, 15) is 13.2 Å². The maximum atomic E-state index is 12.0. The number of hydrogen-bond acceptors (Lipinski definition) is 6. The first-order chi connectivity index (χ1) is 12.4. The quantitative estimate of drug-likeness (QED) is 0.637. The van der Waals surface area contributed by atoms with Crippen molar-refractivity contribution in [2.75, 3.05) is 26.5 Å². The third kappa shape index (κ3) is 6.08. The van der Waals surface area contributed by atoms with E-state index < -0.39 is 10.0 Å². The first-order valence-electron chi connectivity index (χ1n) is 7.91. The van der Waals surface area contributed by atoms with Crippen LogP contribution >= 0.6 is 0 Å². The van der Waals surface area contributed by atoms with Gasteiger partial charge in [-0.25, -0.2) is 13.1 Å². The van der Waals surface area contributed by atoms with Crippen LogP contribution in [0.2, 0.25) is 0 Å². The molecule has 9 heteroatoms. The number of hydrogen-bond donors (Lipinski definition) is 2. The third-order valence-electron chi connectivity index (χ3n) is 3.55. The standard InChI is InChI=1S/C17H22N2O6S/c1-23-15-6-5-13(10-16(15)24-2)11-17(20)18-7-9-26(21,22)19-12-14-4-3-8-25-14/h3-6,8,10,19H,7,9,11-12H2,1-2H3,(H,18,20). The van der Waals surface area contributed by atoms with Crippen LogP contribution in [0, 0.1) is 0 Å². The van der Waals surface area contributed by atoms with Gasteiger partial charge in [-0.05, 0) is 29.8 Å². The van der Waals surface area contributed by atoms with Crippen molar-refractivity contribution in [3.63, 3.8) is 0 Å². The maximum absolute atomic E-state index is 12.0. The van der Waals surface area contributed by atoms with Crippen LogP contribution in [0.4, 0.5) is 0 Å². The number of nitrogens with one attached hydrogen (secondary N) is 2. The number of rotatable bonds is 10. The number of carbonyl (C=O) groups excluding carboxylic acids is 1. The van der Waals surface area contributed by atoms with Gasteiger partial charge in [0.2, 0.25) is 15.9 Å². The molecule has 142 valence electrons. The summed E-state index contributed by atoms with van der Waals surface area (Å²) in [6.45, 7) is 0.0918. The number of ether oxygens (including phenoxy) is 2. The maximum Gasteiger partial charge on any atom is 0.224 e. The van der Waals surface area contributed by atoms with Gasteiger partial charge in [-0.3, -0.25) is 4.79 Å². The molecule has 0 bridgehead atoms. The van der Waals surface area contributed by atoms with Crippen LogP contribution in [0.5, 0.6) is 11.5 Å². The molecule has 2 aromatic rings. The van der Waals surface area contributed by atoms with E-state index in [0.29, 0.717) is 17.3 Å². The molecule has 1 aromatic carbocycles. The molecule has 0 aliphatic carbocycles. The van der Waals surface area contributed by atoms with E-state index in [-0.39, 0.29) is 31.2 Å². The highest BCUT2D eigenvalue weighted by molar-refractivity contribution is 7.89. The summed E-state index contributed by atoms with van der Waals surface area (Å²) in [5.74, 6) is 1.13. The first kappa shape index (κ1) is 19.8. The van der Waals surface area contributed by atoms with E-state index in [1.807, 2.05) is 0 Å². The van der Waals surface area contributed by atoms with Crippen molar-refractivity contribution in [3.8, 4) is 11.5 Å². The Morgan fingerprint density at radius 2 is 1.92 bits per heavy atom. The molecule has 0 saturated carbocycles. The fourth-order valence-corrected chi connectivity index (χ4v) is 3.11. The Morgan fingerprint density at radius 1 is 1.15 bits per heavy atom. The topological polar surface area (TPSA) is 107 Å². The Bertz CT molecular complexity index is 818. The van der Waals surface area contributed by atoms with Crippen molar-refractivity contribution < 1.29 is 27.1 Å². The summed E-state index contributed by atoms with van der Waals surface area (Å²) in [5.41, 5.74) is 0.735. The molecule has 0 unspecified atom stereocenters. The predicted octanol–water partition coefficient (Wildman–Crippen LogP) is 1.08. The number of carbonyl (C=O) groups is 1. The minimum Gasteiger partial charge on any atom is -0.493 e. The lowest BCUT2D eigenvalue weighted by Gasteiger charge is -2.10. The highest BCUT2D eigenvalue weighted by atomic mass is 32.2. The average molecular weight is 382 g/mol. The third-order valence-corrected chi connectivity index (χ3v) is 4.88. The molecule has 1 aromatic heterocycles. The summed E-state index contributed by atoms with van der Waals surface area (Å²) in [6, 6.07) is 8.53. The van der Waals surface area contributed by atoms with Gasteiger partial charge < -0.3 is 19.2 Å². The molecule has 2 N–H and O–H groups in total. The molecule has 1 amide bonds. The highest BCUT2D eigenvalue weighted by Gasteiger charge is 2.12. The largest absolute Gasteiger partial charge is 0.493 e. The zero-order valence-electron chi connectivity index (χ0n) is 14.7. The van der Waals surface area contributed by atoms with Crippen LogP contribution in [-0.4, -0.2) is 40.8 Å². The van der Waals surface area contributed by atoms with Gasteiger partial charge >= 0.3 is 0 Å². The van der Waals surface area contributed by atoms with Gasteiger partial charge in [0.1, 0.15) is 5.76 Å². The van der Waals surface area contributed by atoms with Crippen LogP contribution < -0.4 is 19.5 Å². The molecular formula is C17H22N2O6S. The lowest BCUT2D eigenvalue weighted by atomic mass is 10.1. The van der Waals surface area contributed by atoms with Crippen LogP contribution in [-0.2, 0) is 27.8 Å². The molecule has 8 nitrogen and oxygen atoms in total. The lowest BCUT2D eigenvalue weighted by Crippen LogP contribution is -2.34. The number of amides is 1. The number of furan rings is 1. The van der Waals surface area contributed by atoms with E-state index >= 15 is 0 Å². The normalized spacial score (nSPS) is 11.2. The molecule has 26 heavy (non-hydrogen) atoms. The summed E-state index contributed by atoms with van der Waals surface area (Å²) in [7, 11) is -0.459. The van der Waals surface area contributed by atoms with Gasteiger partial charge in [-0.2, -0.15) is 0 Å². The lowest BCUT2D eigenvalue weighted by molar-refractivity contribution is -0.120. The zero-order valence-corrected chi connectivity index (χ0v) is 15.5. The van der Waals surface area contributed by atoms with Crippen LogP contribution in [0.15, 0.2) is 41.0 Å². The Balaban J connectivity index is 1.77. The van der Waals surface area contributed by atoms with Crippen molar-refractivity contribution in [2.45, 2.75) is 13.0 Å². The monoisotopic (exact) mass is 382 g/mol. The minimum atomic E-state index is -3.51. The van der Waals surface area contributed by atoms with Gasteiger partial charge in [0.25, 0.3) is 0 Å². The Hall–Kier alpha value is -2.52. The SMILES string of the molecule is COc1ccc(CC(=O)NCCS(=O)(=O)NCc2ccco2)cc1OC. The summed E-state index contributed by atoms with van der Waals surface area (Å²) in [4.78, 5) is 12.0. The van der Waals surface area contributed by atoms with Crippen molar-refractivity contribution in [3.05, 3.63) is 47.9 Å². The van der Waals surface area contributed by atoms with E-state index in [1.165, 1.54) is 20.5 Å². The van der Waals surface area contributed by atoms with Crippen LogP contribution in [0.1, 0.15) is 11.3 Å². The molecule has 2 rings (SSSR count). The molecule has 0 atom stereocenters. The first-order valence-corrected chi connectivity index (χ1v) is 9.56. The van der Waals surface area contributed by atoms with Crippen LogP contribution in [0.25, 0.3) is 0 Å². The molecule has 0 aliphatic heterocycles. The van der Waals surface area contributed by atoms with Gasteiger partial charge in [0, 0.05) is 6.54 Å². The fraction of sp³-hybridized carbons (Fsp3) is 0.353. The van der Waals surface area contributed by atoms with Gasteiger partial charge in [0.05, 0.1) is 39.2 Å². The number of sulfonamides is 1. The fourth-order valence-electron chi connectivity index (χ4n) is 2.23. The van der Waals surface area contributed by atoms with Crippen molar-refractivity contribution >= 4 is 15.9 Å². The van der Waals surface area contributed by atoms with Crippen LogP contribution in [0.3, 0.4) is 0 Å². The van der Waals surface area contributed by atoms with Gasteiger partial charge in [-0.15, -0.1) is 0 Å². The summed E-state index contributed by atoms with van der Waals surface area (Å²) in [5, 5.41) is 2.59. The second-order valence-corrected chi connectivity index (χ2v) is 7.36. The van der Waals surface area contributed by atoms with Gasteiger partial charge in [-0.1, -0.05) is 6.07 Å². The second-order valence-electron chi connectivity index (χ2n) is 5.44. The molecule has 0 spiro atoms. The highest BCUT2D eigenvalue weighted by Crippen LogP contribution is 2.27. The summed E-state index contributed by atoms with van der Waals surface area (Å²) >= 11 is 0. The second kappa shape index (κ2) is 9.25. The zero-order chi connectivity index (χ0) is 19.0. The van der Waals surface area contributed by atoms with Crippen molar-refractivity contribution in [2.24, 2.45) is 0 Å². The van der Waals surface area contributed by atoms with E-state index in [2.05, 4.69) is 10.0 Å². The van der Waals surface area contributed by atoms with E-state index in [4.69, 9.17) is 13.9 Å². The molecule has 0 aliphatic rings. The van der Waals surface area contributed by atoms with Crippen molar-refractivity contribution in [1.29, 1.82) is 0 Å². The average Bonchev–Trinajstić information content (AvgIpc) is 3.13. The van der Waals surface area contributed by atoms with E-state index in [1.54, 1.807) is 30.3 Å². The molecule has 0 fully saturated rings. The Kier molecular flexibility index (Phi) is 7.05. The smallest absolute Gasteiger partial charge is 0.224 e. The minimum absolute atomic E-state index is 0.0135. The number of benzene rings is 1. The number of methoxy groups -OCH3 is 2. The predicted molar refractivity (Wildman–Crippen MR) is 95.6 cm³/mol. The molecular weight excluding hydrogens is 360 g/mol. The van der Waals surface area contributed by atoms with Crippen molar-refractivity contribution in [1.82, 2.24) is 10.0 Å². The Morgan fingerprint density at radius 3 is 2.58 bits per heavy atom. The summed E-state index contributed by atoms with van der Waals surface area (Å²) in [6.07, 6.45) is 1.58.